The second kappa shape index (κ2) is 16.7. The molecule has 0 atom stereocenters. The zero-order valence-corrected chi connectivity index (χ0v) is 19.6. The molecule has 0 radical (unpaired) electrons. The minimum Gasteiger partial charge on any atom is -0.494 e. The summed E-state index contributed by atoms with van der Waals surface area (Å²) in [5.74, 6) is 0.953. The van der Waals surface area contributed by atoms with Gasteiger partial charge in [0.15, 0.2) is 0 Å². The third kappa shape index (κ3) is 11.8. The van der Waals surface area contributed by atoms with E-state index in [0.29, 0.717) is 0 Å². The van der Waals surface area contributed by atoms with Crippen LogP contribution in [0.15, 0.2) is 48.5 Å². The highest BCUT2D eigenvalue weighted by atomic mass is 16.5. The van der Waals surface area contributed by atoms with Crippen molar-refractivity contribution in [3.8, 4) is 5.75 Å². The Labute approximate surface area is 190 Å². The maximum absolute atomic E-state index is 9.23. The number of aliphatic hydroxyl groups excluding tert-OH is 1. The SMILES string of the molecule is CCCCCCCCCCCCCCOc1ccc(CNc2cccc(CO)c2)cc1. The molecule has 31 heavy (non-hydrogen) atoms. The van der Waals surface area contributed by atoms with Crippen molar-refractivity contribution in [2.24, 2.45) is 0 Å². The van der Waals surface area contributed by atoms with Gasteiger partial charge in [-0.25, -0.2) is 0 Å². The van der Waals surface area contributed by atoms with E-state index in [1.807, 2.05) is 24.3 Å². The molecule has 0 aliphatic heterocycles. The van der Waals surface area contributed by atoms with Crippen molar-refractivity contribution in [1.29, 1.82) is 0 Å². The van der Waals surface area contributed by atoms with Crippen LogP contribution in [0, 0.1) is 0 Å². The van der Waals surface area contributed by atoms with Gasteiger partial charge in [0, 0.05) is 12.2 Å². The Morgan fingerprint density at radius 2 is 1.32 bits per heavy atom. The molecule has 0 unspecified atom stereocenters. The van der Waals surface area contributed by atoms with Gasteiger partial charge in [-0.1, -0.05) is 102 Å². The largest absolute Gasteiger partial charge is 0.494 e. The van der Waals surface area contributed by atoms with Crippen molar-refractivity contribution in [2.75, 3.05) is 11.9 Å². The first-order chi connectivity index (χ1) is 15.3. The average molecular weight is 426 g/mol. The summed E-state index contributed by atoms with van der Waals surface area (Å²) in [5.41, 5.74) is 3.16. The van der Waals surface area contributed by atoms with Crippen LogP contribution in [-0.4, -0.2) is 11.7 Å². The molecule has 0 fully saturated rings. The van der Waals surface area contributed by atoms with E-state index in [1.54, 1.807) is 0 Å². The Kier molecular flexibility index (Phi) is 13.6. The Balaban J connectivity index is 1.47. The average Bonchev–Trinajstić information content (AvgIpc) is 2.81. The van der Waals surface area contributed by atoms with Crippen molar-refractivity contribution in [3.63, 3.8) is 0 Å². The predicted octanol–water partition coefficient (Wildman–Crippen LogP) is 7.87. The molecule has 0 aliphatic rings. The van der Waals surface area contributed by atoms with Crippen LogP contribution in [0.4, 0.5) is 5.69 Å². The fourth-order valence-corrected chi connectivity index (χ4v) is 3.82. The number of anilines is 1. The van der Waals surface area contributed by atoms with Crippen LogP contribution < -0.4 is 10.1 Å². The van der Waals surface area contributed by atoms with E-state index in [0.717, 1.165) is 36.6 Å². The lowest BCUT2D eigenvalue weighted by atomic mass is 10.1. The number of benzene rings is 2. The monoisotopic (exact) mass is 425 g/mol. The molecule has 2 N–H and O–H groups in total. The normalized spacial score (nSPS) is 10.9. The van der Waals surface area contributed by atoms with Gasteiger partial charge in [0.1, 0.15) is 5.75 Å². The molecule has 0 aliphatic carbocycles. The van der Waals surface area contributed by atoms with Crippen LogP contribution in [0.5, 0.6) is 5.75 Å². The Bertz CT molecular complexity index is 684. The van der Waals surface area contributed by atoms with E-state index in [-0.39, 0.29) is 6.61 Å². The lowest BCUT2D eigenvalue weighted by Crippen LogP contribution is -2.01. The van der Waals surface area contributed by atoms with Crippen molar-refractivity contribution >= 4 is 5.69 Å². The maximum Gasteiger partial charge on any atom is 0.119 e. The van der Waals surface area contributed by atoms with Crippen LogP contribution in [0.1, 0.15) is 95.1 Å². The van der Waals surface area contributed by atoms with Gasteiger partial charge in [-0.2, -0.15) is 0 Å². The van der Waals surface area contributed by atoms with E-state index in [2.05, 4.69) is 36.5 Å². The third-order valence-corrected chi connectivity index (χ3v) is 5.80. The van der Waals surface area contributed by atoms with Crippen LogP contribution in [0.2, 0.25) is 0 Å². The fraction of sp³-hybridized carbons (Fsp3) is 0.571. The van der Waals surface area contributed by atoms with Crippen LogP contribution in [0.25, 0.3) is 0 Å². The van der Waals surface area contributed by atoms with Crippen molar-refractivity contribution < 1.29 is 9.84 Å². The van der Waals surface area contributed by atoms with Crippen LogP contribution in [0.3, 0.4) is 0 Å². The summed E-state index contributed by atoms with van der Waals surface area (Å²) in [6.07, 6.45) is 16.4. The van der Waals surface area contributed by atoms with Gasteiger partial charge in [0.05, 0.1) is 13.2 Å². The zero-order valence-electron chi connectivity index (χ0n) is 19.6. The zero-order chi connectivity index (χ0) is 22.0. The summed E-state index contributed by atoms with van der Waals surface area (Å²) in [6.45, 7) is 3.92. The van der Waals surface area contributed by atoms with Crippen LogP contribution in [-0.2, 0) is 13.2 Å². The summed E-state index contributed by atoms with van der Waals surface area (Å²) in [6, 6.07) is 16.2. The number of hydrogen-bond donors (Lipinski definition) is 2. The smallest absolute Gasteiger partial charge is 0.119 e. The topological polar surface area (TPSA) is 41.5 Å². The minimum atomic E-state index is 0.0702. The Hall–Kier alpha value is -2.00. The second-order valence-corrected chi connectivity index (χ2v) is 8.59. The highest BCUT2D eigenvalue weighted by molar-refractivity contribution is 5.46. The molecular weight excluding hydrogens is 382 g/mol. The number of hydrogen-bond acceptors (Lipinski definition) is 3. The lowest BCUT2D eigenvalue weighted by Gasteiger charge is -2.10. The molecule has 3 heteroatoms. The van der Waals surface area contributed by atoms with Gasteiger partial charge in [0.25, 0.3) is 0 Å². The molecule has 2 rings (SSSR count). The van der Waals surface area contributed by atoms with E-state index in [1.165, 1.54) is 76.2 Å². The van der Waals surface area contributed by atoms with Crippen LogP contribution >= 0.6 is 0 Å². The summed E-state index contributed by atoms with van der Waals surface area (Å²) < 4.78 is 5.90. The summed E-state index contributed by atoms with van der Waals surface area (Å²) in [5, 5.41) is 12.6. The van der Waals surface area contributed by atoms with E-state index >= 15 is 0 Å². The number of aliphatic hydroxyl groups is 1. The molecule has 0 saturated carbocycles. The lowest BCUT2D eigenvalue weighted by molar-refractivity contribution is 0.282. The summed E-state index contributed by atoms with van der Waals surface area (Å²) in [4.78, 5) is 0. The molecule has 2 aromatic rings. The van der Waals surface area contributed by atoms with Gasteiger partial charge < -0.3 is 15.2 Å². The molecule has 3 nitrogen and oxygen atoms in total. The van der Waals surface area contributed by atoms with Gasteiger partial charge >= 0.3 is 0 Å². The van der Waals surface area contributed by atoms with Gasteiger partial charge in [0.2, 0.25) is 0 Å². The van der Waals surface area contributed by atoms with Gasteiger partial charge in [-0.05, 0) is 41.8 Å². The Morgan fingerprint density at radius 3 is 1.94 bits per heavy atom. The number of nitrogens with one attached hydrogen (secondary N) is 1. The fourth-order valence-electron chi connectivity index (χ4n) is 3.82. The first-order valence-corrected chi connectivity index (χ1v) is 12.5. The highest BCUT2D eigenvalue weighted by Crippen LogP contribution is 2.16. The molecule has 0 bridgehead atoms. The minimum absolute atomic E-state index is 0.0702. The molecule has 0 amide bonds. The molecule has 0 saturated heterocycles. The number of ether oxygens (including phenoxy) is 1. The molecular formula is C28H43NO2. The standard InChI is InChI=1S/C28H43NO2/c1-2-3-4-5-6-7-8-9-10-11-12-13-21-31-28-19-17-25(18-20-28)23-29-27-16-14-15-26(22-27)24-30/h14-20,22,29-30H,2-13,21,23-24H2,1H3. The molecule has 0 spiro atoms. The molecule has 2 aromatic carbocycles. The van der Waals surface area contributed by atoms with E-state index < -0.39 is 0 Å². The first-order valence-electron chi connectivity index (χ1n) is 12.5. The Morgan fingerprint density at radius 1 is 0.710 bits per heavy atom. The van der Waals surface area contributed by atoms with Crippen molar-refractivity contribution in [3.05, 3.63) is 59.7 Å². The number of rotatable bonds is 18. The summed E-state index contributed by atoms with van der Waals surface area (Å²) in [7, 11) is 0. The molecule has 172 valence electrons. The third-order valence-electron chi connectivity index (χ3n) is 5.80. The quantitative estimate of drug-likeness (QED) is 0.239. The molecule has 0 heterocycles. The summed E-state index contributed by atoms with van der Waals surface area (Å²) >= 11 is 0. The number of unbranched alkanes of at least 4 members (excludes halogenated alkanes) is 11. The van der Waals surface area contributed by atoms with E-state index in [9.17, 15) is 5.11 Å². The van der Waals surface area contributed by atoms with Gasteiger partial charge in [-0.3, -0.25) is 0 Å². The highest BCUT2D eigenvalue weighted by Gasteiger charge is 1.99. The maximum atomic E-state index is 9.23. The first kappa shape index (κ1) is 25.3. The predicted molar refractivity (Wildman–Crippen MR) is 133 cm³/mol. The van der Waals surface area contributed by atoms with Crippen molar-refractivity contribution in [2.45, 2.75) is 97.1 Å². The second-order valence-electron chi connectivity index (χ2n) is 8.59. The van der Waals surface area contributed by atoms with Gasteiger partial charge in [-0.15, -0.1) is 0 Å². The van der Waals surface area contributed by atoms with Crippen molar-refractivity contribution in [1.82, 2.24) is 0 Å². The molecule has 0 aromatic heterocycles. The van der Waals surface area contributed by atoms with E-state index in [4.69, 9.17) is 4.74 Å².